The molecular formula is C13H13ClN2O3S. The van der Waals surface area contributed by atoms with Gasteiger partial charge in [-0.1, -0.05) is 42.0 Å². The Bertz CT molecular complexity index is 687. The minimum Gasteiger partial charge on any atom is -0.376 e. The molecule has 0 amide bonds. The molecule has 0 bridgehead atoms. The van der Waals surface area contributed by atoms with Crippen molar-refractivity contribution >= 4 is 21.6 Å². The summed E-state index contributed by atoms with van der Waals surface area (Å²) in [6, 6.07) is 8.06. The number of alkyl halides is 1. The monoisotopic (exact) mass is 312 g/mol. The molecule has 1 aromatic carbocycles. The number of hydrogen-bond acceptors (Lipinski definition) is 4. The maximum absolute atomic E-state index is 12.4. The smallest absolute Gasteiger partial charge is 0.282 e. The minimum atomic E-state index is -3.75. The fourth-order valence-electron chi connectivity index (χ4n) is 2.00. The van der Waals surface area contributed by atoms with Gasteiger partial charge in [-0.15, -0.1) is 0 Å². The summed E-state index contributed by atoms with van der Waals surface area (Å²) in [6.07, 6.45) is 5.44. The molecule has 7 heteroatoms. The lowest BCUT2D eigenvalue weighted by molar-refractivity contribution is 0.281. The lowest BCUT2D eigenvalue weighted by atomic mass is 10.2. The fourth-order valence-corrected chi connectivity index (χ4v) is 3.81. The molecule has 2 heterocycles. The van der Waals surface area contributed by atoms with Gasteiger partial charge in [0.05, 0.1) is 4.90 Å². The van der Waals surface area contributed by atoms with E-state index in [9.17, 15) is 8.42 Å². The molecule has 2 atom stereocenters. The van der Waals surface area contributed by atoms with Gasteiger partial charge in [-0.2, -0.15) is 0 Å². The molecule has 0 saturated carbocycles. The summed E-state index contributed by atoms with van der Waals surface area (Å²) in [5.41, 5.74) is 0.590. The molecule has 0 radical (unpaired) electrons. The van der Waals surface area contributed by atoms with Crippen LogP contribution in [0.15, 0.2) is 59.2 Å². The second-order valence-corrected chi connectivity index (χ2v) is 6.89. The van der Waals surface area contributed by atoms with Gasteiger partial charge in [0.1, 0.15) is 0 Å². The van der Waals surface area contributed by atoms with E-state index in [4.69, 9.17) is 16.4 Å². The van der Waals surface area contributed by atoms with E-state index in [1.807, 2.05) is 18.0 Å². The number of hydrogen-bond donors (Lipinski definition) is 0. The molecule has 2 aliphatic heterocycles. The van der Waals surface area contributed by atoms with Crippen molar-refractivity contribution in [1.82, 2.24) is 9.37 Å². The molecule has 2 aliphatic rings. The Kier molecular flexibility index (Phi) is 3.13. The average molecular weight is 313 g/mol. The minimum absolute atomic E-state index is 0.149. The van der Waals surface area contributed by atoms with Gasteiger partial charge in [-0.3, -0.25) is 0 Å². The predicted molar refractivity (Wildman–Crippen MR) is 75.0 cm³/mol. The molecule has 1 saturated heterocycles. The summed E-state index contributed by atoms with van der Waals surface area (Å²) in [5.74, 6) is 0. The Morgan fingerprint density at radius 2 is 2.00 bits per heavy atom. The van der Waals surface area contributed by atoms with Crippen molar-refractivity contribution in [3.63, 3.8) is 0 Å². The number of sulfonamides is 1. The van der Waals surface area contributed by atoms with E-state index in [0.717, 1.165) is 11.0 Å². The van der Waals surface area contributed by atoms with Crippen molar-refractivity contribution in [2.45, 2.75) is 10.1 Å². The third-order valence-electron chi connectivity index (χ3n) is 3.07. The van der Waals surface area contributed by atoms with Crippen molar-refractivity contribution in [1.29, 1.82) is 0 Å². The lowest BCUT2D eigenvalue weighted by Gasteiger charge is -2.18. The average Bonchev–Trinajstić information content (AvgIpc) is 3.15. The van der Waals surface area contributed by atoms with Crippen LogP contribution in [-0.2, 0) is 14.9 Å². The second kappa shape index (κ2) is 4.60. The topological polar surface area (TPSA) is 52.9 Å². The van der Waals surface area contributed by atoms with E-state index in [2.05, 4.69) is 0 Å². The normalized spacial score (nSPS) is 29.2. The molecule has 106 valence electrons. The van der Waals surface area contributed by atoms with Gasteiger partial charge in [0, 0.05) is 25.4 Å². The molecule has 0 spiro atoms. The van der Waals surface area contributed by atoms with Crippen molar-refractivity contribution in [3.8, 4) is 0 Å². The van der Waals surface area contributed by atoms with Gasteiger partial charge in [-0.25, -0.2) is 13.3 Å². The van der Waals surface area contributed by atoms with E-state index in [1.165, 1.54) is 12.1 Å². The van der Waals surface area contributed by atoms with Crippen LogP contribution in [0.25, 0.3) is 0 Å². The highest BCUT2D eigenvalue weighted by Crippen LogP contribution is 2.50. The summed E-state index contributed by atoms with van der Waals surface area (Å²) >= 11 is 6.27. The van der Waals surface area contributed by atoms with Crippen LogP contribution in [0.4, 0.5) is 0 Å². The molecule has 0 aromatic heterocycles. The summed E-state index contributed by atoms with van der Waals surface area (Å²) in [4.78, 5) is 7.22. The predicted octanol–water partition coefficient (Wildman–Crippen LogP) is 1.90. The number of hydroxylamine groups is 1. The molecule has 3 rings (SSSR count). The van der Waals surface area contributed by atoms with Crippen LogP contribution in [0.1, 0.15) is 0 Å². The van der Waals surface area contributed by atoms with Crippen LogP contribution in [0.2, 0.25) is 0 Å². The zero-order chi connectivity index (χ0) is 14.4. The van der Waals surface area contributed by atoms with E-state index >= 15 is 0 Å². The van der Waals surface area contributed by atoms with Crippen LogP contribution >= 0.6 is 11.6 Å². The summed E-state index contributed by atoms with van der Waals surface area (Å²) in [6.45, 7) is 0.752. The summed E-state index contributed by atoms with van der Waals surface area (Å²) < 4.78 is 25.6. The van der Waals surface area contributed by atoms with Crippen LogP contribution in [0.5, 0.6) is 0 Å². The highest BCUT2D eigenvalue weighted by atomic mass is 35.5. The maximum atomic E-state index is 12.4. The standard InChI is InChI=1S/C13H13ClN2O3S/c1-15-9-5-6-11(10-15)13(14)16(19-13)20(17,18)12-7-3-2-4-8-12/h2-8,10H,9H2,1H3. The van der Waals surface area contributed by atoms with Crippen LogP contribution < -0.4 is 0 Å². The third-order valence-corrected chi connectivity index (χ3v) is 5.25. The molecule has 1 aromatic rings. The molecule has 0 N–H and O–H groups in total. The Morgan fingerprint density at radius 1 is 1.30 bits per heavy atom. The quantitative estimate of drug-likeness (QED) is 0.486. The van der Waals surface area contributed by atoms with Crippen molar-refractivity contribution < 1.29 is 13.3 Å². The number of halogens is 1. The van der Waals surface area contributed by atoms with E-state index in [-0.39, 0.29) is 4.90 Å². The van der Waals surface area contributed by atoms with Crippen molar-refractivity contribution in [3.05, 3.63) is 54.3 Å². The Hall–Kier alpha value is -1.34. The van der Waals surface area contributed by atoms with Crippen molar-refractivity contribution in [2.75, 3.05) is 13.6 Å². The van der Waals surface area contributed by atoms with Crippen LogP contribution in [0.3, 0.4) is 0 Å². The van der Waals surface area contributed by atoms with Gasteiger partial charge < -0.3 is 4.90 Å². The first-order valence-electron chi connectivity index (χ1n) is 6.02. The molecule has 2 unspecified atom stereocenters. The van der Waals surface area contributed by atoms with Gasteiger partial charge in [0.15, 0.2) is 0 Å². The van der Waals surface area contributed by atoms with Gasteiger partial charge >= 0.3 is 0 Å². The van der Waals surface area contributed by atoms with Gasteiger partial charge in [0.2, 0.25) is 0 Å². The number of benzene rings is 1. The molecule has 5 nitrogen and oxygen atoms in total. The Morgan fingerprint density at radius 3 is 2.65 bits per heavy atom. The summed E-state index contributed by atoms with van der Waals surface area (Å²) in [7, 11) is -1.88. The third kappa shape index (κ3) is 2.14. The highest BCUT2D eigenvalue weighted by molar-refractivity contribution is 7.89. The first-order valence-corrected chi connectivity index (χ1v) is 7.84. The zero-order valence-electron chi connectivity index (χ0n) is 10.7. The van der Waals surface area contributed by atoms with Crippen LogP contribution in [-0.4, -0.2) is 36.6 Å². The van der Waals surface area contributed by atoms with Gasteiger partial charge in [-0.05, 0) is 16.6 Å². The Balaban J connectivity index is 1.90. The van der Waals surface area contributed by atoms with E-state index in [0.29, 0.717) is 5.57 Å². The molecule has 0 aliphatic carbocycles. The van der Waals surface area contributed by atoms with Crippen LogP contribution in [0, 0.1) is 0 Å². The first-order chi connectivity index (χ1) is 9.44. The van der Waals surface area contributed by atoms with Gasteiger partial charge in [0.25, 0.3) is 15.2 Å². The zero-order valence-corrected chi connectivity index (χ0v) is 12.3. The largest absolute Gasteiger partial charge is 0.376 e. The molecule has 1 fully saturated rings. The number of likely N-dealkylation sites (N-methyl/N-ethyl adjacent to an activating group) is 1. The van der Waals surface area contributed by atoms with Crippen molar-refractivity contribution in [2.24, 2.45) is 0 Å². The molecular weight excluding hydrogens is 300 g/mol. The SMILES string of the molecule is CN1C=C(C2(Cl)ON2S(=O)(=O)c2ccccc2)C=CC1. The second-order valence-electron chi connectivity index (χ2n) is 4.62. The fraction of sp³-hybridized carbons (Fsp3) is 0.231. The Labute approximate surface area is 122 Å². The number of rotatable bonds is 3. The maximum Gasteiger partial charge on any atom is 0.282 e. The first kappa shape index (κ1) is 13.6. The number of nitrogens with zero attached hydrogens (tertiary/aromatic N) is 2. The summed E-state index contributed by atoms with van der Waals surface area (Å²) in [5, 5.41) is -1.44. The molecule has 20 heavy (non-hydrogen) atoms. The highest BCUT2D eigenvalue weighted by Gasteiger charge is 2.64. The lowest BCUT2D eigenvalue weighted by Crippen LogP contribution is -2.24. The van der Waals surface area contributed by atoms with E-state index < -0.39 is 15.2 Å². The van der Waals surface area contributed by atoms with E-state index in [1.54, 1.807) is 30.5 Å².